The van der Waals surface area contributed by atoms with E-state index in [1.807, 2.05) is 0 Å². The lowest BCUT2D eigenvalue weighted by Gasteiger charge is -2.26. The number of hydrogen-bond donors (Lipinski definition) is 4. The molecule has 1 aliphatic heterocycles. The Morgan fingerprint density at radius 3 is 2.87 bits per heavy atom. The fourth-order valence-corrected chi connectivity index (χ4v) is 3.20. The molecule has 0 radical (unpaired) electrons. The normalized spacial score (nSPS) is 16.5. The van der Waals surface area contributed by atoms with Crippen molar-refractivity contribution in [2.45, 2.75) is 12.8 Å². The molecule has 3 rings (SSSR count). The number of hydrogen-bond acceptors (Lipinski definition) is 7. The Bertz CT molecular complexity index is 925. The molecule has 2 heterocycles. The Kier molecular flexibility index (Phi) is 7.67. The Morgan fingerprint density at radius 1 is 1.37 bits per heavy atom. The quantitative estimate of drug-likeness (QED) is 0.393. The third-order valence-corrected chi connectivity index (χ3v) is 4.82. The average Bonchev–Trinajstić information content (AvgIpc) is 2.76. The molecular weight excluding hydrogens is 385 g/mol. The van der Waals surface area contributed by atoms with Gasteiger partial charge in [-0.2, -0.15) is 0 Å². The first kappa shape index (κ1) is 21.6. The number of benzene rings is 1. The van der Waals surface area contributed by atoms with E-state index in [9.17, 15) is 9.50 Å². The number of allylic oxidation sites excluding steroid dienone is 1. The number of morpholine rings is 1. The number of aromatic nitrogens is 1. The molecule has 2 aromatic rings. The van der Waals surface area contributed by atoms with E-state index in [0.717, 1.165) is 24.9 Å². The van der Waals surface area contributed by atoms with E-state index in [4.69, 9.17) is 15.9 Å². The summed E-state index contributed by atoms with van der Waals surface area (Å²) in [5, 5.41) is 20.6. The molecule has 8 heteroatoms. The van der Waals surface area contributed by atoms with Crippen molar-refractivity contribution in [2.75, 3.05) is 31.6 Å². The third-order valence-electron chi connectivity index (χ3n) is 4.82. The van der Waals surface area contributed by atoms with Crippen LogP contribution < -0.4 is 11.1 Å². The highest BCUT2D eigenvalue weighted by Gasteiger charge is 2.13. The smallest absolute Gasteiger partial charge is 0.144 e. The minimum atomic E-state index is -1.03. The van der Waals surface area contributed by atoms with Crippen LogP contribution in [0, 0.1) is 11.2 Å². The van der Waals surface area contributed by atoms with Gasteiger partial charge in [0.1, 0.15) is 12.0 Å². The molecule has 0 spiro atoms. The van der Waals surface area contributed by atoms with Gasteiger partial charge >= 0.3 is 0 Å². The van der Waals surface area contributed by atoms with Crippen LogP contribution in [0.4, 0.5) is 10.1 Å². The number of aliphatic hydroxyl groups is 1. The van der Waals surface area contributed by atoms with E-state index >= 15 is 0 Å². The lowest BCUT2D eigenvalue weighted by Crippen LogP contribution is -2.35. The predicted molar refractivity (Wildman–Crippen MR) is 116 cm³/mol. The van der Waals surface area contributed by atoms with Gasteiger partial charge in [0.25, 0.3) is 0 Å². The maximum atomic E-state index is 14.5. The summed E-state index contributed by atoms with van der Waals surface area (Å²) in [6, 6.07) is 6.60. The van der Waals surface area contributed by atoms with Crippen LogP contribution in [0.2, 0.25) is 0 Å². The standard InChI is InChI=1S/C22H26FN5O2/c23-21-11-19(3-1-17(21)15-28-7-9-30-10-8-28)27-22(29)4-2-16-14-26-6-5-20(16)18(12-24)13-25/h1-6,11-14,22,24,27,29H,7-10,15,25H2/b4-2+,18-13?,24-12?. The summed E-state index contributed by atoms with van der Waals surface area (Å²) < 4.78 is 19.8. The number of nitrogens with one attached hydrogen (secondary N) is 2. The first-order valence-electron chi connectivity index (χ1n) is 9.69. The maximum Gasteiger partial charge on any atom is 0.144 e. The van der Waals surface area contributed by atoms with Gasteiger partial charge in [0, 0.05) is 66.8 Å². The van der Waals surface area contributed by atoms with Gasteiger partial charge in [-0.3, -0.25) is 9.88 Å². The zero-order chi connectivity index (χ0) is 21.3. The molecule has 7 nitrogen and oxygen atoms in total. The van der Waals surface area contributed by atoms with Gasteiger partial charge in [-0.25, -0.2) is 4.39 Å². The van der Waals surface area contributed by atoms with E-state index in [-0.39, 0.29) is 5.82 Å². The fourth-order valence-electron chi connectivity index (χ4n) is 3.20. The number of anilines is 1. The molecule has 158 valence electrons. The minimum absolute atomic E-state index is 0.319. The van der Waals surface area contributed by atoms with Crippen LogP contribution >= 0.6 is 0 Å². The van der Waals surface area contributed by atoms with Crippen molar-refractivity contribution in [1.29, 1.82) is 5.41 Å². The minimum Gasteiger partial charge on any atom is -0.404 e. The summed E-state index contributed by atoms with van der Waals surface area (Å²) in [5.74, 6) is -0.319. The second-order valence-electron chi connectivity index (χ2n) is 6.87. The molecule has 30 heavy (non-hydrogen) atoms. The SMILES string of the molecule is N=CC(=CN)c1ccncc1/C=C/C(O)Nc1ccc(CN2CCOCC2)c(F)c1. The van der Waals surface area contributed by atoms with Crippen molar-refractivity contribution in [1.82, 2.24) is 9.88 Å². The number of halogens is 1. The molecule has 1 unspecified atom stereocenters. The van der Waals surface area contributed by atoms with E-state index < -0.39 is 6.23 Å². The van der Waals surface area contributed by atoms with Crippen molar-refractivity contribution in [3.63, 3.8) is 0 Å². The van der Waals surface area contributed by atoms with Crippen LogP contribution in [-0.2, 0) is 11.3 Å². The van der Waals surface area contributed by atoms with Crippen molar-refractivity contribution >= 4 is 23.6 Å². The van der Waals surface area contributed by atoms with Crippen LogP contribution in [0.5, 0.6) is 0 Å². The Labute approximate surface area is 175 Å². The average molecular weight is 411 g/mol. The first-order chi connectivity index (χ1) is 14.6. The van der Waals surface area contributed by atoms with Gasteiger partial charge in [0.2, 0.25) is 0 Å². The summed E-state index contributed by atoms with van der Waals surface area (Å²) in [4.78, 5) is 6.22. The molecule has 0 saturated carbocycles. The number of rotatable bonds is 8. The molecular formula is C22H26FN5O2. The van der Waals surface area contributed by atoms with Crippen molar-refractivity contribution < 1.29 is 14.2 Å². The molecule has 1 aromatic heterocycles. The fraction of sp³-hybridized carbons (Fsp3) is 0.273. The van der Waals surface area contributed by atoms with Crippen molar-refractivity contribution in [3.05, 3.63) is 71.4 Å². The van der Waals surface area contributed by atoms with Gasteiger partial charge < -0.3 is 26.3 Å². The van der Waals surface area contributed by atoms with E-state index in [1.54, 1.807) is 36.7 Å². The van der Waals surface area contributed by atoms with Crippen LogP contribution in [0.1, 0.15) is 16.7 Å². The third kappa shape index (κ3) is 5.73. The summed E-state index contributed by atoms with van der Waals surface area (Å²) in [6.45, 7) is 3.45. The number of pyridine rings is 1. The monoisotopic (exact) mass is 411 g/mol. The van der Waals surface area contributed by atoms with Gasteiger partial charge in [0.15, 0.2) is 0 Å². The lowest BCUT2D eigenvalue weighted by atomic mass is 10.0. The molecule has 5 N–H and O–H groups in total. The largest absolute Gasteiger partial charge is 0.404 e. The zero-order valence-electron chi connectivity index (χ0n) is 16.6. The summed E-state index contributed by atoms with van der Waals surface area (Å²) >= 11 is 0. The van der Waals surface area contributed by atoms with Gasteiger partial charge in [-0.1, -0.05) is 12.1 Å². The van der Waals surface area contributed by atoms with Crippen molar-refractivity contribution in [3.8, 4) is 0 Å². The summed E-state index contributed by atoms with van der Waals surface area (Å²) in [6.07, 6.45) is 7.89. The topological polar surface area (TPSA) is 107 Å². The van der Waals surface area contributed by atoms with Crippen LogP contribution in [0.15, 0.2) is 48.9 Å². The molecule has 0 amide bonds. The van der Waals surface area contributed by atoms with E-state index in [2.05, 4.69) is 15.2 Å². The number of nitrogens with two attached hydrogens (primary N) is 1. The number of aliphatic hydroxyl groups excluding tert-OH is 1. The predicted octanol–water partition coefficient (Wildman–Crippen LogP) is 2.45. The van der Waals surface area contributed by atoms with Gasteiger partial charge in [-0.15, -0.1) is 0 Å². The Morgan fingerprint density at radius 2 is 2.17 bits per heavy atom. The highest BCUT2D eigenvalue weighted by atomic mass is 19.1. The Hall–Kier alpha value is -3.07. The highest BCUT2D eigenvalue weighted by Crippen LogP contribution is 2.19. The second kappa shape index (κ2) is 10.6. The molecule has 1 saturated heterocycles. The van der Waals surface area contributed by atoms with Crippen LogP contribution in [0.25, 0.3) is 11.6 Å². The molecule has 1 aromatic carbocycles. The molecule has 0 aliphatic carbocycles. The number of ether oxygens (including phenoxy) is 1. The molecule has 1 atom stereocenters. The van der Waals surface area contributed by atoms with E-state index in [1.165, 1.54) is 18.3 Å². The highest BCUT2D eigenvalue weighted by molar-refractivity contribution is 6.09. The molecule has 0 bridgehead atoms. The molecule has 1 aliphatic rings. The first-order valence-corrected chi connectivity index (χ1v) is 9.69. The van der Waals surface area contributed by atoms with E-state index in [0.29, 0.717) is 42.1 Å². The lowest BCUT2D eigenvalue weighted by molar-refractivity contribution is 0.0337. The van der Waals surface area contributed by atoms with Gasteiger partial charge in [-0.05, 0) is 29.8 Å². The summed E-state index contributed by atoms with van der Waals surface area (Å²) in [7, 11) is 0. The Balaban J connectivity index is 1.64. The molecule has 1 fully saturated rings. The number of nitrogens with zero attached hydrogens (tertiary/aromatic N) is 2. The second-order valence-corrected chi connectivity index (χ2v) is 6.87. The van der Waals surface area contributed by atoms with Gasteiger partial charge in [0.05, 0.1) is 13.2 Å². The van der Waals surface area contributed by atoms with Crippen molar-refractivity contribution in [2.24, 2.45) is 5.73 Å². The zero-order valence-corrected chi connectivity index (χ0v) is 16.6. The maximum absolute atomic E-state index is 14.5. The van der Waals surface area contributed by atoms with Crippen LogP contribution in [-0.4, -0.2) is 53.7 Å². The summed E-state index contributed by atoms with van der Waals surface area (Å²) in [5.41, 5.74) is 8.62. The van der Waals surface area contributed by atoms with Crippen LogP contribution in [0.3, 0.4) is 0 Å².